The third-order valence-electron chi connectivity index (χ3n) is 3.18. The summed E-state index contributed by atoms with van der Waals surface area (Å²) in [6, 6.07) is 3.79. The van der Waals surface area contributed by atoms with Gasteiger partial charge in [0.05, 0.1) is 6.20 Å². The predicted octanol–water partition coefficient (Wildman–Crippen LogP) is 2.45. The van der Waals surface area contributed by atoms with E-state index in [-0.39, 0.29) is 11.9 Å². The van der Waals surface area contributed by atoms with Gasteiger partial charge in [-0.2, -0.15) is 0 Å². The number of amides is 1. The summed E-state index contributed by atoms with van der Waals surface area (Å²) < 4.78 is 0. The number of nitrogens with one attached hydrogen (secondary N) is 1. The van der Waals surface area contributed by atoms with Crippen LogP contribution in [0.1, 0.15) is 35.9 Å². The van der Waals surface area contributed by atoms with Gasteiger partial charge in [-0.15, -0.1) is 11.3 Å². The first-order valence-corrected chi connectivity index (χ1v) is 7.93. The minimum absolute atomic E-state index is 0.0314. The molecule has 0 bridgehead atoms. The third kappa shape index (κ3) is 4.34. The highest BCUT2D eigenvalue weighted by Gasteiger charge is 2.15. The molecule has 0 aliphatic rings. The van der Waals surface area contributed by atoms with Gasteiger partial charge in [0, 0.05) is 30.5 Å². The minimum atomic E-state index is -0.0978. The van der Waals surface area contributed by atoms with E-state index >= 15 is 0 Å². The zero-order chi connectivity index (χ0) is 15.1. The first-order valence-electron chi connectivity index (χ1n) is 7.11. The molecule has 0 aromatic carbocycles. The lowest BCUT2D eigenvalue weighted by Gasteiger charge is -2.15. The highest BCUT2D eigenvalue weighted by molar-refractivity contribution is 7.16. The van der Waals surface area contributed by atoms with Crippen molar-refractivity contribution in [2.75, 3.05) is 6.54 Å². The summed E-state index contributed by atoms with van der Waals surface area (Å²) in [5, 5.41) is 3.80. The van der Waals surface area contributed by atoms with Gasteiger partial charge in [0.25, 0.3) is 5.91 Å². The second kappa shape index (κ2) is 7.85. The van der Waals surface area contributed by atoms with Gasteiger partial charge in [0.2, 0.25) is 0 Å². The van der Waals surface area contributed by atoms with Crippen molar-refractivity contribution in [3.63, 3.8) is 0 Å². The molecule has 2 aromatic heterocycles. The number of rotatable bonds is 7. The third-order valence-corrected chi connectivity index (χ3v) is 4.23. The molecule has 0 saturated heterocycles. The van der Waals surface area contributed by atoms with Crippen molar-refractivity contribution in [1.82, 2.24) is 15.3 Å². The van der Waals surface area contributed by atoms with E-state index in [9.17, 15) is 4.79 Å². The molecule has 1 unspecified atom stereocenters. The number of aromatic nitrogens is 2. The van der Waals surface area contributed by atoms with Crippen molar-refractivity contribution in [2.45, 2.75) is 32.2 Å². The number of thiazole rings is 1. The van der Waals surface area contributed by atoms with Gasteiger partial charge < -0.3 is 11.1 Å². The molecular weight excluding hydrogens is 284 g/mol. The lowest BCUT2D eigenvalue weighted by atomic mass is 10.1. The largest absolute Gasteiger partial charge is 0.347 e. The maximum atomic E-state index is 12.2. The molecule has 0 fully saturated rings. The van der Waals surface area contributed by atoms with E-state index in [1.807, 2.05) is 12.1 Å². The second-order valence-corrected chi connectivity index (χ2v) is 5.84. The summed E-state index contributed by atoms with van der Waals surface area (Å²) >= 11 is 1.38. The highest BCUT2D eigenvalue weighted by Crippen LogP contribution is 2.24. The van der Waals surface area contributed by atoms with Crippen LogP contribution < -0.4 is 11.1 Å². The molecule has 2 heterocycles. The molecule has 6 heteroatoms. The van der Waals surface area contributed by atoms with E-state index < -0.39 is 0 Å². The van der Waals surface area contributed by atoms with E-state index in [1.165, 1.54) is 11.3 Å². The fourth-order valence-corrected chi connectivity index (χ4v) is 2.79. The summed E-state index contributed by atoms with van der Waals surface area (Å²) in [5.41, 5.74) is 6.67. The van der Waals surface area contributed by atoms with Crippen LogP contribution in [0.15, 0.2) is 30.7 Å². The van der Waals surface area contributed by atoms with Gasteiger partial charge in [-0.1, -0.05) is 19.8 Å². The average Bonchev–Trinajstić information content (AvgIpc) is 3.02. The van der Waals surface area contributed by atoms with Crippen LogP contribution in [0.2, 0.25) is 0 Å². The minimum Gasteiger partial charge on any atom is -0.347 e. The molecule has 1 atom stereocenters. The van der Waals surface area contributed by atoms with Crippen molar-refractivity contribution in [3.05, 3.63) is 35.6 Å². The molecule has 3 N–H and O–H groups in total. The Balaban J connectivity index is 2.02. The molecule has 2 aromatic rings. The molecule has 0 radical (unpaired) electrons. The van der Waals surface area contributed by atoms with E-state index in [0.717, 1.165) is 29.8 Å². The number of nitrogens with two attached hydrogens (primary N) is 1. The van der Waals surface area contributed by atoms with Gasteiger partial charge in [-0.05, 0) is 18.6 Å². The van der Waals surface area contributed by atoms with E-state index in [1.54, 1.807) is 18.6 Å². The average molecular weight is 304 g/mol. The van der Waals surface area contributed by atoms with Crippen molar-refractivity contribution in [3.8, 4) is 10.6 Å². The zero-order valence-corrected chi connectivity index (χ0v) is 12.9. The number of unbranched alkanes of at least 4 members (excludes halogenated alkanes) is 1. The number of hydrogen-bond acceptors (Lipinski definition) is 5. The molecule has 0 aliphatic heterocycles. The molecule has 21 heavy (non-hydrogen) atoms. The lowest BCUT2D eigenvalue weighted by molar-refractivity contribution is 0.0939. The number of pyridine rings is 1. The first-order chi connectivity index (χ1) is 10.2. The highest BCUT2D eigenvalue weighted by atomic mass is 32.1. The Kier molecular flexibility index (Phi) is 5.83. The van der Waals surface area contributed by atoms with Gasteiger partial charge in [0.1, 0.15) is 9.88 Å². The van der Waals surface area contributed by atoms with Crippen LogP contribution in [0.3, 0.4) is 0 Å². The topological polar surface area (TPSA) is 80.9 Å². The maximum absolute atomic E-state index is 12.2. The van der Waals surface area contributed by atoms with Crippen LogP contribution in [-0.4, -0.2) is 28.5 Å². The van der Waals surface area contributed by atoms with Crippen LogP contribution in [0.25, 0.3) is 10.6 Å². The van der Waals surface area contributed by atoms with Crippen molar-refractivity contribution < 1.29 is 4.79 Å². The molecule has 112 valence electrons. The molecule has 5 nitrogen and oxygen atoms in total. The van der Waals surface area contributed by atoms with E-state index in [2.05, 4.69) is 22.2 Å². The summed E-state index contributed by atoms with van der Waals surface area (Å²) in [4.78, 5) is 21.1. The first kappa shape index (κ1) is 15.6. The summed E-state index contributed by atoms with van der Waals surface area (Å²) in [6.45, 7) is 2.58. The van der Waals surface area contributed by atoms with Crippen molar-refractivity contribution in [2.24, 2.45) is 5.73 Å². The van der Waals surface area contributed by atoms with Crippen LogP contribution in [0, 0.1) is 0 Å². The molecular formula is C15H20N4OS. The van der Waals surface area contributed by atoms with Crippen LogP contribution in [0.5, 0.6) is 0 Å². The fraction of sp³-hybridized carbons (Fsp3) is 0.400. The Morgan fingerprint density at radius 3 is 2.86 bits per heavy atom. The van der Waals surface area contributed by atoms with E-state index in [4.69, 9.17) is 5.73 Å². The number of hydrogen-bond donors (Lipinski definition) is 2. The molecule has 0 aliphatic carbocycles. The second-order valence-electron chi connectivity index (χ2n) is 4.81. The quantitative estimate of drug-likeness (QED) is 0.823. The maximum Gasteiger partial charge on any atom is 0.263 e. The summed E-state index contributed by atoms with van der Waals surface area (Å²) in [5.74, 6) is -0.0978. The Bertz CT molecular complexity index is 570. The van der Waals surface area contributed by atoms with Crippen molar-refractivity contribution in [1.29, 1.82) is 0 Å². The standard InChI is InChI=1S/C15H20N4OS/c1-2-3-4-12(9-16)19-14(20)13-10-18-15(21-13)11-5-7-17-8-6-11/h5-8,10,12H,2-4,9,16H2,1H3,(H,19,20). The van der Waals surface area contributed by atoms with Gasteiger partial charge >= 0.3 is 0 Å². The van der Waals surface area contributed by atoms with Gasteiger partial charge in [0.15, 0.2) is 0 Å². The number of nitrogens with zero attached hydrogens (tertiary/aromatic N) is 2. The fourth-order valence-electron chi connectivity index (χ4n) is 1.96. The smallest absolute Gasteiger partial charge is 0.263 e. The Hall–Kier alpha value is -1.79. The number of carbonyl (C=O) groups excluding carboxylic acids is 1. The Labute approximate surface area is 128 Å². The number of carbonyl (C=O) groups is 1. The molecule has 0 saturated carbocycles. The van der Waals surface area contributed by atoms with Gasteiger partial charge in [-0.25, -0.2) is 4.98 Å². The monoisotopic (exact) mass is 304 g/mol. The normalized spacial score (nSPS) is 12.1. The SMILES string of the molecule is CCCCC(CN)NC(=O)c1cnc(-c2ccncc2)s1. The van der Waals surface area contributed by atoms with Crippen molar-refractivity contribution >= 4 is 17.2 Å². The summed E-state index contributed by atoms with van der Waals surface area (Å²) in [6.07, 6.45) is 8.11. The van der Waals surface area contributed by atoms with E-state index in [0.29, 0.717) is 11.4 Å². The molecule has 1 amide bonds. The Morgan fingerprint density at radius 2 is 2.19 bits per heavy atom. The zero-order valence-electron chi connectivity index (χ0n) is 12.1. The van der Waals surface area contributed by atoms with Crippen LogP contribution >= 0.6 is 11.3 Å². The van der Waals surface area contributed by atoms with Crippen LogP contribution in [-0.2, 0) is 0 Å². The lowest BCUT2D eigenvalue weighted by Crippen LogP contribution is -2.39. The Morgan fingerprint density at radius 1 is 1.43 bits per heavy atom. The van der Waals surface area contributed by atoms with Crippen LogP contribution in [0.4, 0.5) is 0 Å². The molecule has 0 spiro atoms. The van der Waals surface area contributed by atoms with Gasteiger partial charge in [-0.3, -0.25) is 9.78 Å². The predicted molar refractivity (Wildman–Crippen MR) is 85.2 cm³/mol. The molecule has 2 rings (SSSR count). The summed E-state index contributed by atoms with van der Waals surface area (Å²) in [7, 11) is 0.